The molecule has 86 valence electrons. The Morgan fingerprint density at radius 3 is 2.80 bits per heavy atom. The van der Waals surface area contributed by atoms with E-state index in [2.05, 4.69) is 42.9 Å². The first-order valence-electron chi connectivity index (χ1n) is 5.53. The topological polar surface area (TPSA) is 12.0 Å². The number of thioether (sulfide) groups is 1. The van der Waals surface area contributed by atoms with Gasteiger partial charge in [0, 0.05) is 18.3 Å². The SMILES string of the molecule is CC(C)CSCCNC(C)c1ccsc1. The van der Waals surface area contributed by atoms with Gasteiger partial charge in [-0.2, -0.15) is 23.1 Å². The average molecular weight is 243 g/mol. The minimum absolute atomic E-state index is 0.496. The lowest BCUT2D eigenvalue weighted by molar-refractivity contribution is 0.602. The maximum Gasteiger partial charge on any atom is 0.0300 e. The van der Waals surface area contributed by atoms with Crippen molar-refractivity contribution in [3.8, 4) is 0 Å². The van der Waals surface area contributed by atoms with Gasteiger partial charge in [-0.25, -0.2) is 0 Å². The van der Waals surface area contributed by atoms with Crippen molar-refractivity contribution in [3.05, 3.63) is 22.4 Å². The summed E-state index contributed by atoms with van der Waals surface area (Å²) in [6.07, 6.45) is 0. The maximum absolute atomic E-state index is 3.54. The van der Waals surface area contributed by atoms with Crippen LogP contribution in [0.3, 0.4) is 0 Å². The van der Waals surface area contributed by atoms with Gasteiger partial charge in [0.05, 0.1) is 0 Å². The molecule has 1 aromatic heterocycles. The Bertz CT molecular complexity index is 244. The molecule has 0 aliphatic heterocycles. The van der Waals surface area contributed by atoms with Crippen LogP contribution in [0.1, 0.15) is 32.4 Å². The first-order valence-corrected chi connectivity index (χ1v) is 7.63. The van der Waals surface area contributed by atoms with Gasteiger partial charge >= 0.3 is 0 Å². The molecule has 0 bridgehead atoms. The number of hydrogen-bond donors (Lipinski definition) is 1. The van der Waals surface area contributed by atoms with Crippen molar-refractivity contribution in [2.45, 2.75) is 26.8 Å². The third kappa shape index (κ3) is 5.59. The highest BCUT2D eigenvalue weighted by molar-refractivity contribution is 7.99. The molecule has 0 fully saturated rings. The summed E-state index contributed by atoms with van der Waals surface area (Å²) < 4.78 is 0. The zero-order valence-corrected chi connectivity index (χ0v) is 11.5. The van der Waals surface area contributed by atoms with Crippen molar-refractivity contribution in [1.29, 1.82) is 0 Å². The van der Waals surface area contributed by atoms with Crippen molar-refractivity contribution in [2.75, 3.05) is 18.1 Å². The van der Waals surface area contributed by atoms with E-state index in [-0.39, 0.29) is 0 Å². The third-order valence-electron chi connectivity index (χ3n) is 2.19. The predicted octanol–water partition coefficient (Wildman–Crippen LogP) is 3.79. The summed E-state index contributed by atoms with van der Waals surface area (Å²) in [4.78, 5) is 0. The molecule has 1 heterocycles. The van der Waals surface area contributed by atoms with E-state index in [0.717, 1.165) is 12.5 Å². The Kier molecular flexibility index (Phi) is 6.37. The molecule has 1 unspecified atom stereocenters. The summed E-state index contributed by atoms with van der Waals surface area (Å²) in [7, 11) is 0. The summed E-state index contributed by atoms with van der Waals surface area (Å²) in [5.41, 5.74) is 1.41. The lowest BCUT2D eigenvalue weighted by atomic mass is 10.2. The van der Waals surface area contributed by atoms with Crippen molar-refractivity contribution in [2.24, 2.45) is 5.92 Å². The molecule has 0 radical (unpaired) electrons. The summed E-state index contributed by atoms with van der Waals surface area (Å²) in [5.74, 6) is 3.30. The molecule has 15 heavy (non-hydrogen) atoms. The van der Waals surface area contributed by atoms with Crippen LogP contribution in [0.4, 0.5) is 0 Å². The fraction of sp³-hybridized carbons (Fsp3) is 0.667. The van der Waals surface area contributed by atoms with Crippen LogP contribution in [-0.2, 0) is 0 Å². The van der Waals surface area contributed by atoms with Gasteiger partial charge in [-0.05, 0) is 41.0 Å². The molecule has 0 saturated heterocycles. The molecule has 1 N–H and O–H groups in total. The highest BCUT2D eigenvalue weighted by Gasteiger charge is 2.03. The van der Waals surface area contributed by atoms with Crippen molar-refractivity contribution in [1.82, 2.24) is 5.32 Å². The van der Waals surface area contributed by atoms with Crippen LogP contribution in [0.2, 0.25) is 0 Å². The predicted molar refractivity (Wildman–Crippen MR) is 72.9 cm³/mol. The van der Waals surface area contributed by atoms with E-state index in [4.69, 9.17) is 0 Å². The molecular weight excluding hydrogens is 222 g/mol. The van der Waals surface area contributed by atoms with E-state index in [0.29, 0.717) is 6.04 Å². The lowest BCUT2D eigenvalue weighted by Crippen LogP contribution is -2.21. The molecule has 0 spiro atoms. The number of hydrogen-bond acceptors (Lipinski definition) is 3. The number of thiophene rings is 1. The maximum atomic E-state index is 3.54. The van der Waals surface area contributed by atoms with E-state index >= 15 is 0 Å². The summed E-state index contributed by atoms with van der Waals surface area (Å²) in [6.45, 7) is 7.88. The quantitative estimate of drug-likeness (QED) is 0.731. The Hall–Kier alpha value is 0.01000. The van der Waals surface area contributed by atoms with Crippen molar-refractivity contribution >= 4 is 23.1 Å². The van der Waals surface area contributed by atoms with Gasteiger partial charge in [-0.3, -0.25) is 0 Å². The Morgan fingerprint density at radius 2 is 2.20 bits per heavy atom. The van der Waals surface area contributed by atoms with E-state index in [9.17, 15) is 0 Å². The molecule has 3 heteroatoms. The van der Waals surface area contributed by atoms with Gasteiger partial charge < -0.3 is 5.32 Å². The number of nitrogens with one attached hydrogen (secondary N) is 1. The number of rotatable bonds is 7. The van der Waals surface area contributed by atoms with E-state index in [1.54, 1.807) is 11.3 Å². The van der Waals surface area contributed by atoms with Gasteiger partial charge in [-0.15, -0.1) is 0 Å². The fourth-order valence-corrected chi connectivity index (χ4v) is 2.96. The molecule has 0 amide bonds. The first-order chi connectivity index (χ1) is 7.20. The van der Waals surface area contributed by atoms with Crippen LogP contribution in [0.15, 0.2) is 16.8 Å². The summed E-state index contributed by atoms with van der Waals surface area (Å²) >= 11 is 3.81. The largest absolute Gasteiger partial charge is 0.309 e. The van der Waals surface area contributed by atoms with Crippen LogP contribution >= 0.6 is 23.1 Å². The smallest absolute Gasteiger partial charge is 0.0300 e. The Morgan fingerprint density at radius 1 is 1.40 bits per heavy atom. The van der Waals surface area contributed by atoms with Crippen LogP contribution in [0.5, 0.6) is 0 Å². The average Bonchev–Trinajstić information content (AvgIpc) is 2.69. The summed E-state index contributed by atoms with van der Waals surface area (Å²) in [5, 5.41) is 7.91. The molecule has 1 aromatic rings. The minimum Gasteiger partial charge on any atom is -0.309 e. The first kappa shape index (κ1) is 13.1. The van der Waals surface area contributed by atoms with Crippen LogP contribution in [0, 0.1) is 5.92 Å². The third-order valence-corrected chi connectivity index (χ3v) is 4.29. The van der Waals surface area contributed by atoms with Crippen molar-refractivity contribution in [3.63, 3.8) is 0 Å². The van der Waals surface area contributed by atoms with Gasteiger partial charge in [0.25, 0.3) is 0 Å². The zero-order chi connectivity index (χ0) is 11.1. The van der Waals surface area contributed by atoms with Crippen molar-refractivity contribution < 1.29 is 0 Å². The molecule has 0 aromatic carbocycles. The Labute approximate surface area is 102 Å². The molecule has 1 rings (SSSR count). The van der Waals surface area contributed by atoms with Gasteiger partial charge in [0.15, 0.2) is 0 Å². The molecule has 0 aliphatic rings. The van der Waals surface area contributed by atoms with E-state index in [1.807, 2.05) is 11.8 Å². The monoisotopic (exact) mass is 243 g/mol. The fourth-order valence-electron chi connectivity index (χ4n) is 1.31. The lowest BCUT2D eigenvalue weighted by Gasteiger charge is -2.12. The minimum atomic E-state index is 0.496. The molecule has 1 nitrogen and oxygen atoms in total. The van der Waals surface area contributed by atoms with Gasteiger partial charge in [0.1, 0.15) is 0 Å². The molecule has 0 saturated carbocycles. The molecule has 0 aliphatic carbocycles. The highest BCUT2D eigenvalue weighted by Crippen LogP contribution is 2.15. The molecular formula is C12H21NS2. The zero-order valence-electron chi connectivity index (χ0n) is 9.82. The van der Waals surface area contributed by atoms with Gasteiger partial charge in [-0.1, -0.05) is 13.8 Å². The van der Waals surface area contributed by atoms with Crippen LogP contribution < -0.4 is 5.32 Å². The normalized spacial score (nSPS) is 13.3. The second-order valence-corrected chi connectivity index (χ2v) is 6.13. The highest BCUT2D eigenvalue weighted by atomic mass is 32.2. The Balaban J connectivity index is 2.05. The van der Waals surface area contributed by atoms with Crippen LogP contribution in [-0.4, -0.2) is 18.1 Å². The molecule has 1 atom stereocenters. The second kappa shape index (κ2) is 7.31. The standard InChI is InChI=1S/C12H21NS2/c1-10(2)8-15-7-5-13-11(3)12-4-6-14-9-12/h4,6,9-11,13H,5,7-8H2,1-3H3. The van der Waals surface area contributed by atoms with Crippen LogP contribution in [0.25, 0.3) is 0 Å². The van der Waals surface area contributed by atoms with E-state index in [1.165, 1.54) is 17.1 Å². The second-order valence-electron chi connectivity index (χ2n) is 4.20. The van der Waals surface area contributed by atoms with Gasteiger partial charge in [0.2, 0.25) is 0 Å². The van der Waals surface area contributed by atoms with E-state index < -0.39 is 0 Å². The summed E-state index contributed by atoms with van der Waals surface area (Å²) in [6, 6.07) is 2.69.